The van der Waals surface area contributed by atoms with Crippen molar-refractivity contribution in [3.05, 3.63) is 23.8 Å². The maximum atomic E-state index is 10.8. The van der Waals surface area contributed by atoms with E-state index in [1.165, 1.54) is 12.8 Å². The van der Waals surface area contributed by atoms with E-state index in [9.17, 15) is 5.11 Å². The van der Waals surface area contributed by atoms with E-state index >= 15 is 0 Å². The van der Waals surface area contributed by atoms with Crippen molar-refractivity contribution in [2.45, 2.75) is 31.4 Å². The molecule has 5 nitrogen and oxygen atoms in total. The second-order valence-corrected chi connectivity index (χ2v) is 6.54. The van der Waals surface area contributed by atoms with E-state index in [1.807, 2.05) is 18.2 Å². The molecule has 1 N–H and O–H groups in total. The SMILES string of the molecule is COc1ccc(OC)c([C@H](O)CN(C[C@H]2CCOC2)C2CC2)c1. The molecule has 2 atom stereocenters. The summed E-state index contributed by atoms with van der Waals surface area (Å²) in [4.78, 5) is 2.42. The van der Waals surface area contributed by atoms with Crippen molar-refractivity contribution in [1.82, 2.24) is 4.90 Å². The molecule has 23 heavy (non-hydrogen) atoms. The topological polar surface area (TPSA) is 51.2 Å². The Bertz CT molecular complexity index is 512. The number of aliphatic hydroxyl groups is 1. The summed E-state index contributed by atoms with van der Waals surface area (Å²) < 4.78 is 16.2. The number of aliphatic hydroxyl groups excluding tert-OH is 1. The van der Waals surface area contributed by atoms with Gasteiger partial charge in [0.15, 0.2) is 0 Å². The molecule has 1 aliphatic heterocycles. The Morgan fingerprint density at radius 1 is 1.26 bits per heavy atom. The van der Waals surface area contributed by atoms with Gasteiger partial charge in [-0.05, 0) is 43.4 Å². The summed E-state index contributed by atoms with van der Waals surface area (Å²) in [7, 11) is 3.26. The normalized spacial score (nSPS) is 22.3. The first-order chi connectivity index (χ1) is 11.2. The molecule has 0 radical (unpaired) electrons. The molecule has 0 spiro atoms. The van der Waals surface area contributed by atoms with Gasteiger partial charge in [0, 0.05) is 31.3 Å². The van der Waals surface area contributed by atoms with Gasteiger partial charge in [-0.2, -0.15) is 0 Å². The van der Waals surface area contributed by atoms with Crippen LogP contribution in [0.2, 0.25) is 0 Å². The van der Waals surface area contributed by atoms with Crippen LogP contribution in [-0.2, 0) is 4.74 Å². The minimum atomic E-state index is -0.581. The van der Waals surface area contributed by atoms with Crippen molar-refractivity contribution in [2.75, 3.05) is 40.5 Å². The van der Waals surface area contributed by atoms with Crippen LogP contribution in [0.3, 0.4) is 0 Å². The highest BCUT2D eigenvalue weighted by molar-refractivity contribution is 5.41. The maximum Gasteiger partial charge on any atom is 0.124 e. The molecule has 2 fully saturated rings. The number of rotatable bonds is 8. The molecular formula is C18H27NO4. The van der Waals surface area contributed by atoms with Crippen molar-refractivity contribution >= 4 is 0 Å². The Labute approximate surface area is 138 Å². The number of benzene rings is 1. The van der Waals surface area contributed by atoms with Crippen LogP contribution in [-0.4, -0.2) is 56.6 Å². The van der Waals surface area contributed by atoms with Crippen molar-refractivity contribution in [2.24, 2.45) is 5.92 Å². The lowest BCUT2D eigenvalue weighted by Gasteiger charge is -2.28. The number of nitrogens with zero attached hydrogens (tertiary/aromatic N) is 1. The largest absolute Gasteiger partial charge is 0.497 e. The Kier molecular flexibility index (Phi) is 5.41. The summed E-state index contributed by atoms with van der Waals surface area (Å²) in [6, 6.07) is 6.18. The lowest BCUT2D eigenvalue weighted by molar-refractivity contribution is 0.0921. The third-order valence-electron chi connectivity index (χ3n) is 4.78. The van der Waals surface area contributed by atoms with Gasteiger partial charge in [-0.1, -0.05) is 0 Å². The molecule has 0 bridgehead atoms. The first-order valence-corrected chi connectivity index (χ1v) is 8.43. The molecule has 3 rings (SSSR count). The highest BCUT2D eigenvalue weighted by Crippen LogP contribution is 2.34. The minimum absolute atomic E-state index is 0.581. The van der Waals surface area contributed by atoms with E-state index in [1.54, 1.807) is 14.2 Å². The number of ether oxygens (including phenoxy) is 3. The van der Waals surface area contributed by atoms with E-state index in [4.69, 9.17) is 14.2 Å². The molecule has 128 valence electrons. The maximum absolute atomic E-state index is 10.8. The van der Waals surface area contributed by atoms with Gasteiger partial charge >= 0.3 is 0 Å². The minimum Gasteiger partial charge on any atom is -0.497 e. The molecule has 1 aliphatic carbocycles. The molecule has 2 aliphatic rings. The zero-order valence-corrected chi connectivity index (χ0v) is 14.0. The van der Waals surface area contributed by atoms with E-state index in [-0.39, 0.29) is 0 Å². The number of hydrogen-bond donors (Lipinski definition) is 1. The molecular weight excluding hydrogens is 294 g/mol. The third-order valence-corrected chi connectivity index (χ3v) is 4.78. The second-order valence-electron chi connectivity index (χ2n) is 6.54. The Morgan fingerprint density at radius 2 is 2.09 bits per heavy atom. The van der Waals surface area contributed by atoms with Gasteiger partial charge in [0.2, 0.25) is 0 Å². The monoisotopic (exact) mass is 321 g/mol. The first kappa shape index (κ1) is 16.6. The van der Waals surface area contributed by atoms with Crippen LogP contribution in [0.5, 0.6) is 11.5 Å². The van der Waals surface area contributed by atoms with Crippen molar-refractivity contribution in [3.8, 4) is 11.5 Å². The zero-order valence-electron chi connectivity index (χ0n) is 14.0. The lowest BCUT2D eigenvalue weighted by atomic mass is 10.0. The summed E-state index contributed by atoms with van der Waals surface area (Å²) in [5, 5.41) is 10.8. The number of methoxy groups -OCH3 is 2. The smallest absolute Gasteiger partial charge is 0.124 e. The molecule has 0 amide bonds. The van der Waals surface area contributed by atoms with Crippen LogP contribution in [0.15, 0.2) is 18.2 Å². The Hall–Kier alpha value is -1.30. The van der Waals surface area contributed by atoms with E-state index in [2.05, 4.69) is 4.90 Å². The van der Waals surface area contributed by atoms with E-state index in [0.29, 0.717) is 24.3 Å². The second kappa shape index (κ2) is 7.51. The zero-order chi connectivity index (χ0) is 16.2. The molecule has 1 aromatic rings. The quantitative estimate of drug-likeness (QED) is 0.796. The standard InChI is InChI=1S/C18H27NO4/c1-21-15-5-6-18(22-2)16(9-15)17(20)11-19(14-3-4-14)10-13-7-8-23-12-13/h5-6,9,13-14,17,20H,3-4,7-8,10-12H2,1-2H3/t13-,17-/m1/s1. The van der Waals surface area contributed by atoms with Gasteiger partial charge in [0.25, 0.3) is 0 Å². The summed E-state index contributed by atoms with van der Waals surface area (Å²) in [6.07, 6.45) is 3.01. The average Bonchev–Trinajstić information content (AvgIpc) is 3.31. The summed E-state index contributed by atoms with van der Waals surface area (Å²) >= 11 is 0. The van der Waals surface area contributed by atoms with Crippen molar-refractivity contribution < 1.29 is 19.3 Å². The average molecular weight is 321 g/mol. The van der Waals surface area contributed by atoms with Crippen molar-refractivity contribution in [3.63, 3.8) is 0 Å². The third kappa shape index (κ3) is 4.16. The van der Waals surface area contributed by atoms with Gasteiger partial charge in [-0.25, -0.2) is 0 Å². The van der Waals surface area contributed by atoms with Crippen molar-refractivity contribution in [1.29, 1.82) is 0 Å². The summed E-state index contributed by atoms with van der Waals surface area (Å²) in [5.41, 5.74) is 0.792. The Morgan fingerprint density at radius 3 is 2.70 bits per heavy atom. The highest BCUT2D eigenvalue weighted by Gasteiger charge is 2.33. The molecule has 5 heteroatoms. The molecule has 1 aromatic carbocycles. The van der Waals surface area contributed by atoms with Gasteiger partial charge < -0.3 is 19.3 Å². The fraction of sp³-hybridized carbons (Fsp3) is 0.667. The fourth-order valence-electron chi connectivity index (χ4n) is 3.29. The lowest BCUT2D eigenvalue weighted by Crippen LogP contribution is -2.35. The van der Waals surface area contributed by atoms with Crippen LogP contribution < -0.4 is 9.47 Å². The summed E-state index contributed by atoms with van der Waals surface area (Å²) in [6.45, 7) is 3.36. The summed E-state index contributed by atoms with van der Waals surface area (Å²) in [5.74, 6) is 2.04. The van der Waals surface area contributed by atoms with Crippen LogP contribution in [0.4, 0.5) is 0 Å². The molecule has 1 heterocycles. The molecule has 0 unspecified atom stereocenters. The van der Waals surface area contributed by atoms with Gasteiger partial charge in [0.1, 0.15) is 11.5 Å². The van der Waals surface area contributed by atoms with E-state index < -0.39 is 6.10 Å². The van der Waals surface area contributed by atoms with Gasteiger partial charge in [0.05, 0.1) is 26.9 Å². The van der Waals surface area contributed by atoms with Crippen LogP contribution in [0.25, 0.3) is 0 Å². The van der Waals surface area contributed by atoms with Crippen LogP contribution >= 0.6 is 0 Å². The fourth-order valence-corrected chi connectivity index (χ4v) is 3.29. The van der Waals surface area contributed by atoms with Crippen LogP contribution in [0, 0.1) is 5.92 Å². The highest BCUT2D eigenvalue weighted by atomic mass is 16.5. The predicted octanol–water partition coefficient (Wildman–Crippen LogP) is 2.24. The van der Waals surface area contributed by atoms with Gasteiger partial charge in [-0.3, -0.25) is 4.90 Å². The van der Waals surface area contributed by atoms with Crippen LogP contribution in [0.1, 0.15) is 30.9 Å². The Balaban J connectivity index is 1.69. The van der Waals surface area contributed by atoms with E-state index in [0.717, 1.165) is 37.5 Å². The predicted molar refractivity (Wildman–Crippen MR) is 88.0 cm³/mol. The number of hydrogen-bond acceptors (Lipinski definition) is 5. The molecule has 1 saturated heterocycles. The first-order valence-electron chi connectivity index (χ1n) is 8.43. The molecule has 1 saturated carbocycles. The molecule has 0 aromatic heterocycles. The van der Waals surface area contributed by atoms with Gasteiger partial charge in [-0.15, -0.1) is 0 Å².